The van der Waals surface area contributed by atoms with Crippen molar-refractivity contribution in [2.75, 3.05) is 0 Å². The Morgan fingerprint density at radius 2 is 1.88 bits per heavy atom. The summed E-state index contributed by atoms with van der Waals surface area (Å²) in [5.74, 6) is -0.0951. The Morgan fingerprint density at radius 3 is 2.68 bits per heavy atom. The third-order valence-corrected chi connectivity index (χ3v) is 4.82. The predicted octanol–water partition coefficient (Wildman–Crippen LogP) is 4.29. The van der Waals surface area contributed by atoms with E-state index in [0.29, 0.717) is 12.1 Å². The van der Waals surface area contributed by atoms with Gasteiger partial charge < -0.3 is 5.32 Å². The van der Waals surface area contributed by atoms with Crippen LogP contribution in [0.2, 0.25) is 0 Å². The van der Waals surface area contributed by atoms with E-state index < -0.39 is 0 Å². The number of carbonyl (C=O) groups is 1. The first-order chi connectivity index (χ1) is 12.3. The number of pyridine rings is 2. The smallest absolute Gasteiger partial charge is 0.252 e. The second-order valence-electron chi connectivity index (χ2n) is 5.57. The number of para-hydroxylation sites is 1. The summed E-state index contributed by atoms with van der Waals surface area (Å²) in [6.07, 6.45) is 3.45. The number of hydrogen-bond donors (Lipinski definition) is 1. The molecule has 3 aromatic heterocycles. The van der Waals surface area contributed by atoms with Gasteiger partial charge in [0.2, 0.25) is 0 Å². The van der Waals surface area contributed by atoms with E-state index in [1.54, 1.807) is 23.7 Å². The molecule has 5 heteroatoms. The van der Waals surface area contributed by atoms with Crippen molar-refractivity contribution in [1.29, 1.82) is 0 Å². The maximum Gasteiger partial charge on any atom is 0.252 e. The molecule has 1 aromatic carbocycles. The highest BCUT2D eigenvalue weighted by Crippen LogP contribution is 2.24. The molecule has 3 heterocycles. The van der Waals surface area contributed by atoms with Crippen molar-refractivity contribution in [1.82, 2.24) is 15.3 Å². The van der Waals surface area contributed by atoms with E-state index >= 15 is 0 Å². The van der Waals surface area contributed by atoms with Crippen LogP contribution in [0, 0.1) is 0 Å². The minimum atomic E-state index is -0.0951. The molecule has 4 aromatic rings. The lowest BCUT2D eigenvalue weighted by Gasteiger charge is -2.10. The summed E-state index contributed by atoms with van der Waals surface area (Å²) in [7, 11) is 0. The van der Waals surface area contributed by atoms with Crippen LogP contribution in [-0.2, 0) is 6.54 Å². The van der Waals surface area contributed by atoms with Gasteiger partial charge in [-0.1, -0.05) is 24.3 Å². The quantitative estimate of drug-likeness (QED) is 0.600. The molecule has 0 bridgehead atoms. The summed E-state index contributed by atoms with van der Waals surface area (Å²) in [5, 5.41) is 5.86. The molecule has 0 atom stereocenters. The Morgan fingerprint density at radius 1 is 1.04 bits per heavy atom. The number of nitrogens with one attached hydrogen (secondary N) is 1. The van der Waals surface area contributed by atoms with E-state index in [-0.39, 0.29) is 5.91 Å². The Bertz CT molecular complexity index is 1010. The first-order valence-corrected chi connectivity index (χ1v) is 8.80. The number of benzene rings is 1. The third-order valence-electron chi connectivity index (χ3n) is 3.94. The van der Waals surface area contributed by atoms with Gasteiger partial charge in [-0.15, -0.1) is 11.3 Å². The fourth-order valence-corrected chi connectivity index (χ4v) is 3.35. The van der Waals surface area contributed by atoms with Crippen LogP contribution in [0.3, 0.4) is 0 Å². The Balaban J connectivity index is 1.74. The number of nitrogens with zero attached hydrogens (tertiary/aromatic N) is 2. The van der Waals surface area contributed by atoms with E-state index in [1.165, 1.54) is 0 Å². The molecule has 0 saturated carbocycles. The van der Waals surface area contributed by atoms with Crippen LogP contribution in [-0.4, -0.2) is 15.9 Å². The molecule has 0 aliphatic rings. The van der Waals surface area contributed by atoms with E-state index in [1.807, 2.05) is 60.0 Å². The summed E-state index contributed by atoms with van der Waals surface area (Å²) >= 11 is 1.63. The number of rotatable bonds is 4. The minimum Gasteiger partial charge on any atom is -0.347 e. The van der Waals surface area contributed by atoms with Gasteiger partial charge in [0, 0.05) is 28.2 Å². The molecule has 0 spiro atoms. The molecular formula is C20H15N3OS. The van der Waals surface area contributed by atoms with Crippen molar-refractivity contribution in [3.05, 3.63) is 82.8 Å². The zero-order chi connectivity index (χ0) is 17.1. The maximum absolute atomic E-state index is 12.8. The number of aromatic nitrogens is 2. The lowest BCUT2D eigenvalue weighted by molar-refractivity contribution is 0.0953. The van der Waals surface area contributed by atoms with Crippen molar-refractivity contribution in [2.24, 2.45) is 0 Å². The molecule has 0 radical (unpaired) electrons. The van der Waals surface area contributed by atoms with E-state index in [4.69, 9.17) is 4.98 Å². The second-order valence-corrected chi connectivity index (χ2v) is 6.60. The number of amides is 1. The molecule has 122 valence electrons. The highest BCUT2D eigenvalue weighted by Gasteiger charge is 2.13. The molecular weight excluding hydrogens is 330 g/mol. The van der Waals surface area contributed by atoms with E-state index in [2.05, 4.69) is 10.3 Å². The maximum atomic E-state index is 12.8. The molecule has 0 fully saturated rings. The third kappa shape index (κ3) is 3.27. The molecule has 25 heavy (non-hydrogen) atoms. The van der Waals surface area contributed by atoms with Gasteiger partial charge in [0.05, 0.1) is 23.3 Å². The second kappa shape index (κ2) is 6.83. The zero-order valence-corrected chi connectivity index (χ0v) is 14.2. The first kappa shape index (κ1) is 15.5. The molecule has 4 nitrogen and oxygen atoms in total. The normalized spacial score (nSPS) is 10.7. The van der Waals surface area contributed by atoms with Crippen LogP contribution in [0.1, 0.15) is 15.2 Å². The monoisotopic (exact) mass is 345 g/mol. The highest BCUT2D eigenvalue weighted by molar-refractivity contribution is 7.09. The Labute approximate surface area is 149 Å². The molecule has 0 saturated heterocycles. The van der Waals surface area contributed by atoms with Crippen LogP contribution in [0.4, 0.5) is 0 Å². The van der Waals surface area contributed by atoms with Crippen molar-refractivity contribution in [2.45, 2.75) is 6.54 Å². The summed E-state index contributed by atoms with van der Waals surface area (Å²) in [5.41, 5.74) is 3.14. The van der Waals surface area contributed by atoms with Crippen molar-refractivity contribution in [3.8, 4) is 11.3 Å². The largest absolute Gasteiger partial charge is 0.347 e. The van der Waals surface area contributed by atoms with Gasteiger partial charge in [0.25, 0.3) is 5.91 Å². The van der Waals surface area contributed by atoms with Gasteiger partial charge in [-0.25, -0.2) is 4.98 Å². The summed E-state index contributed by atoms with van der Waals surface area (Å²) < 4.78 is 0. The van der Waals surface area contributed by atoms with Crippen LogP contribution < -0.4 is 5.32 Å². The fourth-order valence-electron chi connectivity index (χ4n) is 2.71. The lowest BCUT2D eigenvalue weighted by Crippen LogP contribution is -2.22. The zero-order valence-electron chi connectivity index (χ0n) is 13.3. The summed E-state index contributed by atoms with van der Waals surface area (Å²) in [6.45, 7) is 0.526. The van der Waals surface area contributed by atoms with Crippen LogP contribution in [0.25, 0.3) is 22.2 Å². The Hall–Kier alpha value is -3.05. The number of fused-ring (bicyclic) bond motifs is 1. The minimum absolute atomic E-state index is 0.0951. The summed E-state index contributed by atoms with van der Waals surface area (Å²) in [4.78, 5) is 22.7. The predicted molar refractivity (Wildman–Crippen MR) is 100 cm³/mol. The molecule has 0 unspecified atom stereocenters. The average molecular weight is 345 g/mol. The number of hydrogen-bond acceptors (Lipinski definition) is 4. The number of thiophene rings is 1. The SMILES string of the molecule is O=C(NCc1cccs1)c1cc(-c2ccncc2)nc2ccccc12. The van der Waals surface area contributed by atoms with Crippen LogP contribution in [0.15, 0.2) is 72.4 Å². The van der Waals surface area contributed by atoms with Gasteiger partial charge in [0.1, 0.15) is 0 Å². The molecule has 4 rings (SSSR count). The lowest BCUT2D eigenvalue weighted by atomic mass is 10.0. The molecule has 1 N–H and O–H groups in total. The average Bonchev–Trinajstić information content (AvgIpc) is 3.19. The van der Waals surface area contributed by atoms with Crippen LogP contribution >= 0.6 is 11.3 Å². The topological polar surface area (TPSA) is 54.9 Å². The standard InChI is InChI=1S/C20H15N3OS/c24-20(22-13-15-4-3-11-25-15)17-12-19(14-7-9-21-10-8-14)23-18-6-2-1-5-16(17)18/h1-12H,13H2,(H,22,24). The fraction of sp³-hybridized carbons (Fsp3) is 0.0500. The molecule has 1 amide bonds. The Kier molecular flexibility index (Phi) is 4.23. The van der Waals surface area contributed by atoms with Gasteiger partial charge in [0.15, 0.2) is 0 Å². The molecule has 0 aliphatic heterocycles. The number of carbonyl (C=O) groups excluding carboxylic acids is 1. The molecule has 0 aliphatic carbocycles. The van der Waals surface area contributed by atoms with Crippen molar-refractivity contribution in [3.63, 3.8) is 0 Å². The van der Waals surface area contributed by atoms with Crippen LogP contribution in [0.5, 0.6) is 0 Å². The first-order valence-electron chi connectivity index (χ1n) is 7.92. The highest BCUT2D eigenvalue weighted by atomic mass is 32.1. The van der Waals surface area contributed by atoms with Crippen molar-refractivity contribution < 1.29 is 4.79 Å². The van der Waals surface area contributed by atoms with Gasteiger partial charge in [-0.3, -0.25) is 9.78 Å². The van der Waals surface area contributed by atoms with Gasteiger partial charge >= 0.3 is 0 Å². The summed E-state index contributed by atoms with van der Waals surface area (Å²) in [6, 6.07) is 17.3. The van der Waals surface area contributed by atoms with Gasteiger partial charge in [-0.05, 0) is 35.7 Å². The van der Waals surface area contributed by atoms with E-state index in [0.717, 1.165) is 27.0 Å². The van der Waals surface area contributed by atoms with Crippen molar-refractivity contribution >= 4 is 28.1 Å². The van der Waals surface area contributed by atoms with Gasteiger partial charge in [-0.2, -0.15) is 0 Å². The van der Waals surface area contributed by atoms with E-state index in [9.17, 15) is 4.79 Å².